The lowest BCUT2D eigenvalue weighted by atomic mass is 9.98. The summed E-state index contributed by atoms with van der Waals surface area (Å²) in [6.45, 7) is 4.82. The molecule has 8 nitrogen and oxygen atoms in total. The molecule has 2 atom stereocenters. The molecule has 2 N–H and O–H groups in total. The number of halogens is 3. The van der Waals surface area contributed by atoms with Crippen LogP contribution >= 0.6 is 34.8 Å². The van der Waals surface area contributed by atoms with Gasteiger partial charge in [-0.05, 0) is 80.0 Å². The molecule has 1 aliphatic heterocycles. The van der Waals surface area contributed by atoms with Crippen molar-refractivity contribution in [3.8, 4) is 5.75 Å². The van der Waals surface area contributed by atoms with Gasteiger partial charge < -0.3 is 25.0 Å². The number of benzene rings is 1. The molecular weight excluding hydrogens is 621 g/mol. The molecule has 11 heteroatoms. The van der Waals surface area contributed by atoms with Gasteiger partial charge in [0.15, 0.2) is 5.75 Å². The molecule has 0 unspecified atom stereocenters. The number of aromatic nitrogens is 2. The first-order valence-corrected chi connectivity index (χ1v) is 16.3. The number of ether oxygens (including phenoxy) is 2. The summed E-state index contributed by atoms with van der Waals surface area (Å²) in [5, 5.41) is 1.61. The van der Waals surface area contributed by atoms with Crippen molar-refractivity contribution in [3.63, 3.8) is 0 Å². The van der Waals surface area contributed by atoms with Gasteiger partial charge in [-0.25, -0.2) is 4.98 Å². The van der Waals surface area contributed by atoms with E-state index < -0.39 is 0 Å². The zero-order chi connectivity index (χ0) is 31.2. The highest BCUT2D eigenvalue weighted by atomic mass is 35.5. The number of anilines is 1. The van der Waals surface area contributed by atoms with Crippen molar-refractivity contribution >= 4 is 46.5 Å². The number of hydrogen-bond acceptors (Lipinski definition) is 7. The molecule has 236 valence electrons. The van der Waals surface area contributed by atoms with Crippen LogP contribution < -0.4 is 15.4 Å². The molecule has 0 spiro atoms. The number of carbonyl (C=O) groups excluding carboxylic acids is 1. The Labute approximate surface area is 274 Å². The minimum absolute atomic E-state index is 0.0443. The summed E-state index contributed by atoms with van der Waals surface area (Å²) < 4.78 is 11.3. The molecule has 5 rings (SSSR count). The first-order chi connectivity index (χ1) is 21.2. The number of carbonyl (C=O) groups is 1. The van der Waals surface area contributed by atoms with E-state index in [1.165, 1.54) is 0 Å². The molecule has 2 aliphatic rings. The summed E-state index contributed by atoms with van der Waals surface area (Å²) in [7, 11) is 1.69. The third-order valence-corrected chi connectivity index (χ3v) is 9.11. The largest absolute Gasteiger partial charge is 0.485 e. The Morgan fingerprint density at radius 3 is 2.52 bits per heavy atom. The fourth-order valence-electron chi connectivity index (χ4n) is 5.66. The Morgan fingerprint density at radius 1 is 1.09 bits per heavy atom. The number of rotatable bonds is 14. The second-order valence-corrected chi connectivity index (χ2v) is 13.0. The van der Waals surface area contributed by atoms with Gasteiger partial charge in [-0.2, -0.15) is 0 Å². The van der Waals surface area contributed by atoms with E-state index in [2.05, 4.69) is 9.88 Å². The number of amides is 1. The molecule has 3 heterocycles. The number of aryl methyl sites for hydroxylation is 2. The Bertz CT molecular complexity index is 1410. The van der Waals surface area contributed by atoms with Crippen LogP contribution in [-0.2, 0) is 28.9 Å². The van der Waals surface area contributed by atoms with Crippen molar-refractivity contribution in [2.75, 3.05) is 38.3 Å². The average molecular weight is 661 g/mol. The number of methoxy groups -OCH3 is 1. The third-order valence-electron chi connectivity index (χ3n) is 8.21. The van der Waals surface area contributed by atoms with Crippen LogP contribution in [0.5, 0.6) is 5.75 Å². The van der Waals surface area contributed by atoms with Crippen LogP contribution in [0.25, 0.3) is 0 Å². The Hall–Kier alpha value is -2.62. The van der Waals surface area contributed by atoms with E-state index in [9.17, 15) is 4.79 Å². The van der Waals surface area contributed by atoms with Crippen LogP contribution in [0, 0.1) is 12.8 Å². The van der Waals surface area contributed by atoms with Crippen LogP contribution in [0.15, 0.2) is 42.7 Å². The highest BCUT2D eigenvalue weighted by molar-refractivity contribution is 6.37. The van der Waals surface area contributed by atoms with Gasteiger partial charge in [-0.15, -0.1) is 0 Å². The second kappa shape index (κ2) is 15.1. The summed E-state index contributed by atoms with van der Waals surface area (Å²) in [5.41, 5.74) is 10.0. The SMILES string of the molecule is COCCCc1cc(CN(C(=O)[C@@H](CN)Cc2ccc(N3CC[C@@H](Oc4c(Cl)cc(C)cc4Cl)C3)nc2)C2CC2)c(Cl)cn1. The highest BCUT2D eigenvalue weighted by Gasteiger charge is 2.36. The van der Waals surface area contributed by atoms with Gasteiger partial charge in [0.1, 0.15) is 11.9 Å². The maximum atomic E-state index is 13.8. The number of nitrogens with zero attached hydrogens (tertiary/aromatic N) is 4. The fraction of sp³-hybridized carbons (Fsp3) is 0.485. The van der Waals surface area contributed by atoms with Crippen LogP contribution in [0.4, 0.5) is 5.82 Å². The van der Waals surface area contributed by atoms with E-state index in [-0.39, 0.29) is 30.5 Å². The minimum atomic E-state index is -0.349. The van der Waals surface area contributed by atoms with E-state index in [1.54, 1.807) is 13.3 Å². The Balaban J connectivity index is 1.19. The molecule has 1 aliphatic carbocycles. The van der Waals surface area contributed by atoms with Gasteiger partial charge in [0.25, 0.3) is 0 Å². The standard InChI is InChI=1S/C33H40Cl3N5O3/c1-21-12-28(34)32(29(35)13-21)44-27-9-10-40(20-27)31-8-5-22(17-39-31)14-23(16-37)33(42)41(26-6-7-26)19-24-15-25(4-3-11-43-2)38-18-30(24)36/h5,8,12-13,15,17-18,23,26-27H,3-4,6-7,9-11,14,16,19-20,37H2,1-2H3/t23-,27-/m1/s1. The molecule has 2 aromatic heterocycles. The zero-order valence-electron chi connectivity index (χ0n) is 25.3. The fourth-order valence-corrected chi connectivity index (χ4v) is 6.50. The van der Waals surface area contributed by atoms with E-state index in [4.69, 9.17) is 55.0 Å². The first kappa shape index (κ1) is 32.8. The van der Waals surface area contributed by atoms with Crippen molar-refractivity contribution in [2.24, 2.45) is 11.7 Å². The second-order valence-electron chi connectivity index (χ2n) is 11.8. The van der Waals surface area contributed by atoms with E-state index in [0.29, 0.717) is 46.9 Å². The smallest absolute Gasteiger partial charge is 0.227 e. The van der Waals surface area contributed by atoms with Crippen molar-refractivity contribution in [1.29, 1.82) is 0 Å². The van der Waals surface area contributed by atoms with Crippen molar-refractivity contribution in [3.05, 3.63) is 80.2 Å². The summed E-state index contributed by atoms with van der Waals surface area (Å²) in [5.74, 6) is 1.10. The molecule has 44 heavy (non-hydrogen) atoms. The molecule has 0 bridgehead atoms. The lowest BCUT2D eigenvalue weighted by Gasteiger charge is -2.28. The van der Waals surface area contributed by atoms with E-state index >= 15 is 0 Å². The zero-order valence-corrected chi connectivity index (χ0v) is 27.5. The highest BCUT2D eigenvalue weighted by Crippen LogP contribution is 2.36. The normalized spacial score (nSPS) is 17.1. The quantitative estimate of drug-likeness (QED) is 0.203. The van der Waals surface area contributed by atoms with Gasteiger partial charge in [0.05, 0.1) is 27.5 Å². The topological polar surface area (TPSA) is 93.8 Å². The lowest BCUT2D eigenvalue weighted by molar-refractivity contribution is -0.136. The number of nitrogens with two attached hydrogens (primary N) is 1. The predicted octanol–water partition coefficient (Wildman–Crippen LogP) is 6.29. The summed E-state index contributed by atoms with van der Waals surface area (Å²) in [4.78, 5) is 27.1. The van der Waals surface area contributed by atoms with Crippen LogP contribution in [0.1, 0.15) is 48.1 Å². The predicted molar refractivity (Wildman–Crippen MR) is 176 cm³/mol. The minimum Gasteiger partial charge on any atom is -0.485 e. The van der Waals surface area contributed by atoms with Gasteiger partial charge in [-0.3, -0.25) is 9.78 Å². The number of pyridine rings is 2. The molecule has 0 radical (unpaired) electrons. The Kier molecular flexibility index (Phi) is 11.3. The number of hydrogen-bond donors (Lipinski definition) is 1. The molecule has 1 aromatic carbocycles. The monoisotopic (exact) mass is 659 g/mol. The summed E-state index contributed by atoms with van der Waals surface area (Å²) >= 11 is 19.3. The summed E-state index contributed by atoms with van der Waals surface area (Å²) in [6.07, 6.45) is 8.50. The summed E-state index contributed by atoms with van der Waals surface area (Å²) in [6, 6.07) is 9.98. The van der Waals surface area contributed by atoms with Gasteiger partial charge in [0, 0.05) is 63.9 Å². The van der Waals surface area contributed by atoms with Crippen molar-refractivity contribution in [1.82, 2.24) is 14.9 Å². The maximum absolute atomic E-state index is 13.8. The van der Waals surface area contributed by atoms with Crippen LogP contribution in [0.3, 0.4) is 0 Å². The van der Waals surface area contributed by atoms with Crippen molar-refractivity contribution in [2.45, 2.75) is 64.1 Å². The Morgan fingerprint density at radius 2 is 1.86 bits per heavy atom. The lowest BCUT2D eigenvalue weighted by Crippen LogP contribution is -2.41. The van der Waals surface area contributed by atoms with E-state index in [1.807, 2.05) is 48.4 Å². The van der Waals surface area contributed by atoms with Crippen molar-refractivity contribution < 1.29 is 14.3 Å². The molecule has 1 saturated carbocycles. The third kappa shape index (κ3) is 8.34. The average Bonchev–Trinajstić information content (AvgIpc) is 3.74. The molecule has 2 fully saturated rings. The van der Waals surface area contributed by atoms with Crippen LogP contribution in [-0.4, -0.2) is 66.3 Å². The van der Waals surface area contributed by atoms with Gasteiger partial charge in [-0.1, -0.05) is 40.9 Å². The van der Waals surface area contributed by atoms with Gasteiger partial charge in [0.2, 0.25) is 5.91 Å². The molecule has 1 saturated heterocycles. The molecule has 1 amide bonds. The molecule has 3 aromatic rings. The maximum Gasteiger partial charge on any atom is 0.227 e. The van der Waals surface area contributed by atoms with Crippen LogP contribution in [0.2, 0.25) is 15.1 Å². The van der Waals surface area contributed by atoms with Gasteiger partial charge >= 0.3 is 0 Å². The molecular formula is C33H40Cl3N5O3. The van der Waals surface area contributed by atoms with E-state index in [0.717, 1.165) is 66.9 Å². The first-order valence-electron chi connectivity index (χ1n) is 15.2.